The first kappa shape index (κ1) is 30.3. The molecule has 44 heavy (non-hydrogen) atoms. The SMILES string of the molecule is Cc1cn(-c2cc(NC(=O)c3cccc4cc(Oc5ccnc(NC(=O)CC(C)(C)C)c5)ccc34)cc(C(F)(F)F)c2)cn1. The van der Waals surface area contributed by atoms with Gasteiger partial charge in [-0.25, -0.2) is 9.97 Å². The summed E-state index contributed by atoms with van der Waals surface area (Å²) >= 11 is 0. The van der Waals surface area contributed by atoms with Gasteiger partial charge in [0.05, 0.1) is 17.6 Å². The lowest BCUT2D eigenvalue weighted by molar-refractivity contribution is -0.137. The molecule has 11 heteroatoms. The van der Waals surface area contributed by atoms with Crippen LogP contribution in [0.3, 0.4) is 0 Å². The maximum absolute atomic E-state index is 13.7. The fourth-order valence-electron chi connectivity index (χ4n) is 4.63. The van der Waals surface area contributed by atoms with Gasteiger partial charge in [-0.1, -0.05) is 32.9 Å². The number of pyridine rings is 1. The van der Waals surface area contributed by atoms with Gasteiger partial charge < -0.3 is 19.9 Å². The molecule has 2 amide bonds. The number of aromatic nitrogens is 3. The Bertz CT molecular complexity index is 1860. The highest BCUT2D eigenvalue weighted by Crippen LogP contribution is 2.34. The van der Waals surface area contributed by atoms with Gasteiger partial charge in [-0.05, 0) is 71.6 Å². The summed E-state index contributed by atoms with van der Waals surface area (Å²) in [6, 6.07) is 16.8. The molecule has 0 spiro atoms. The first-order valence-electron chi connectivity index (χ1n) is 13.7. The maximum atomic E-state index is 13.7. The van der Waals surface area contributed by atoms with Crippen molar-refractivity contribution < 1.29 is 27.5 Å². The van der Waals surface area contributed by atoms with Crippen molar-refractivity contribution in [1.82, 2.24) is 14.5 Å². The van der Waals surface area contributed by atoms with Gasteiger partial charge in [0.1, 0.15) is 17.3 Å². The van der Waals surface area contributed by atoms with Crippen LogP contribution in [0, 0.1) is 12.3 Å². The van der Waals surface area contributed by atoms with E-state index in [0.29, 0.717) is 40.2 Å². The van der Waals surface area contributed by atoms with Crippen LogP contribution in [0.15, 0.2) is 85.5 Å². The van der Waals surface area contributed by atoms with Crippen LogP contribution in [0.25, 0.3) is 16.5 Å². The zero-order chi connectivity index (χ0) is 31.6. The van der Waals surface area contributed by atoms with E-state index in [4.69, 9.17) is 4.74 Å². The predicted octanol–water partition coefficient (Wildman–Crippen LogP) is 8.17. The number of halogens is 3. The highest BCUT2D eigenvalue weighted by atomic mass is 19.4. The Morgan fingerprint density at radius 2 is 1.68 bits per heavy atom. The fraction of sp³-hybridized carbons (Fsp3) is 0.212. The third kappa shape index (κ3) is 7.41. The summed E-state index contributed by atoms with van der Waals surface area (Å²) in [5.41, 5.74) is 0.0482. The molecular formula is C33H30F3N5O3. The number of ether oxygens (including phenoxy) is 1. The second-order valence-electron chi connectivity index (χ2n) is 11.6. The van der Waals surface area contributed by atoms with Crippen LogP contribution in [-0.4, -0.2) is 26.3 Å². The lowest BCUT2D eigenvalue weighted by Gasteiger charge is -2.17. The van der Waals surface area contributed by atoms with Crippen LogP contribution in [0.5, 0.6) is 11.5 Å². The van der Waals surface area contributed by atoms with E-state index in [9.17, 15) is 22.8 Å². The molecule has 0 radical (unpaired) electrons. The topological polar surface area (TPSA) is 98.1 Å². The van der Waals surface area contributed by atoms with Gasteiger partial charge in [0.25, 0.3) is 5.91 Å². The van der Waals surface area contributed by atoms with Crippen LogP contribution in [-0.2, 0) is 11.0 Å². The molecule has 0 unspecified atom stereocenters. The molecule has 0 saturated heterocycles. The van der Waals surface area contributed by atoms with E-state index >= 15 is 0 Å². The zero-order valence-corrected chi connectivity index (χ0v) is 24.5. The second-order valence-corrected chi connectivity index (χ2v) is 11.6. The molecule has 0 aliphatic heterocycles. The van der Waals surface area contributed by atoms with Gasteiger partial charge in [0.15, 0.2) is 0 Å². The Morgan fingerprint density at radius 1 is 0.909 bits per heavy atom. The largest absolute Gasteiger partial charge is 0.457 e. The number of carbonyl (C=O) groups excluding carboxylic acids is 2. The van der Waals surface area contributed by atoms with Crippen molar-refractivity contribution in [2.75, 3.05) is 10.6 Å². The minimum atomic E-state index is -4.62. The van der Waals surface area contributed by atoms with E-state index in [1.807, 2.05) is 20.8 Å². The summed E-state index contributed by atoms with van der Waals surface area (Å²) < 4.78 is 48.6. The quantitative estimate of drug-likeness (QED) is 0.196. The minimum Gasteiger partial charge on any atom is -0.457 e. The smallest absolute Gasteiger partial charge is 0.416 e. The third-order valence-electron chi connectivity index (χ3n) is 6.53. The molecule has 226 valence electrons. The van der Waals surface area contributed by atoms with Gasteiger partial charge in [0.2, 0.25) is 5.91 Å². The highest BCUT2D eigenvalue weighted by Gasteiger charge is 2.31. The van der Waals surface area contributed by atoms with Crippen LogP contribution in [0.2, 0.25) is 0 Å². The first-order valence-corrected chi connectivity index (χ1v) is 13.7. The van der Waals surface area contributed by atoms with Crippen molar-refractivity contribution in [3.63, 3.8) is 0 Å². The number of hydrogen-bond donors (Lipinski definition) is 2. The fourth-order valence-corrected chi connectivity index (χ4v) is 4.63. The predicted molar refractivity (Wildman–Crippen MR) is 162 cm³/mol. The van der Waals surface area contributed by atoms with Crippen molar-refractivity contribution in [2.45, 2.75) is 40.3 Å². The molecule has 5 rings (SSSR count). The molecule has 2 N–H and O–H groups in total. The Morgan fingerprint density at radius 3 is 2.39 bits per heavy atom. The van der Waals surface area contributed by atoms with Crippen LogP contribution >= 0.6 is 0 Å². The number of alkyl halides is 3. The number of fused-ring (bicyclic) bond motifs is 1. The molecule has 0 fully saturated rings. The lowest BCUT2D eigenvalue weighted by atomic mass is 9.92. The molecule has 8 nitrogen and oxygen atoms in total. The summed E-state index contributed by atoms with van der Waals surface area (Å²) in [7, 11) is 0. The van der Waals surface area contributed by atoms with Gasteiger partial charge in [-0.15, -0.1) is 0 Å². The number of aryl methyl sites for hydroxylation is 1. The average Bonchev–Trinajstić information content (AvgIpc) is 3.37. The van der Waals surface area contributed by atoms with Crippen LogP contribution < -0.4 is 15.4 Å². The van der Waals surface area contributed by atoms with E-state index in [0.717, 1.165) is 12.1 Å². The standard InChI is InChI=1S/C33H30F3N5O3/c1-20-18-41(19-38-20)24-14-22(33(34,35)36)13-23(15-24)39-31(43)28-7-5-6-21-12-25(8-9-27(21)28)44-26-10-11-37-29(16-26)40-30(42)17-32(2,3)4/h5-16,18-19H,17H2,1-4H3,(H,39,43)(H,37,40,42). The number of nitrogens with zero attached hydrogens (tertiary/aromatic N) is 3. The number of hydrogen-bond acceptors (Lipinski definition) is 5. The Hall–Kier alpha value is -5.19. The van der Waals surface area contributed by atoms with Crippen molar-refractivity contribution in [2.24, 2.45) is 5.41 Å². The van der Waals surface area contributed by atoms with Crippen LogP contribution in [0.4, 0.5) is 24.7 Å². The maximum Gasteiger partial charge on any atom is 0.416 e. The highest BCUT2D eigenvalue weighted by molar-refractivity contribution is 6.13. The monoisotopic (exact) mass is 601 g/mol. The molecule has 0 aliphatic carbocycles. The number of carbonyl (C=O) groups is 2. The first-order chi connectivity index (χ1) is 20.7. The van der Waals surface area contributed by atoms with E-state index in [1.165, 1.54) is 23.2 Å². The molecule has 2 aromatic heterocycles. The van der Waals surface area contributed by atoms with Gasteiger partial charge in [0, 0.05) is 41.8 Å². The van der Waals surface area contributed by atoms with Crippen molar-refractivity contribution in [1.29, 1.82) is 0 Å². The summed E-state index contributed by atoms with van der Waals surface area (Å²) in [6.45, 7) is 7.64. The summed E-state index contributed by atoms with van der Waals surface area (Å²) in [5, 5.41) is 6.67. The van der Waals surface area contributed by atoms with Crippen molar-refractivity contribution >= 4 is 34.1 Å². The molecular weight excluding hydrogens is 571 g/mol. The summed E-state index contributed by atoms with van der Waals surface area (Å²) in [6.07, 6.45) is 0.255. The molecule has 0 bridgehead atoms. The second kappa shape index (κ2) is 11.8. The molecule has 0 aliphatic rings. The van der Waals surface area contributed by atoms with Crippen molar-refractivity contribution in [3.05, 3.63) is 102 Å². The number of imidazole rings is 1. The molecule has 2 heterocycles. The van der Waals surface area contributed by atoms with E-state index in [2.05, 4.69) is 20.6 Å². The normalized spacial score (nSPS) is 11.8. The van der Waals surface area contributed by atoms with E-state index in [1.54, 1.807) is 61.7 Å². The van der Waals surface area contributed by atoms with Gasteiger partial charge in [-0.2, -0.15) is 13.2 Å². The minimum absolute atomic E-state index is 0.00813. The summed E-state index contributed by atoms with van der Waals surface area (Å²) in [4.78, 5) is 33.9. The molecule has 0 atom stereocenters. The van der Waals surface area contributed by atoms with E-state index in [-0.39, 0.29) is 28.3 Å². The lowest BCUT2D eigenvalue weighted by Crippen LogP contribution is -2.20. The molecule has 3 aromatic carbocycles. The van der Waals surface area contributed by atoms with Gasteiger partial charge >= 0.3 is 6.18 Å². The number of amides is 2. The third-order valence-corrected chi connectivity index (χ3v) is 6.53. The number of benzene rings is 3. The Labute approximate surface area is 251 Å². The summed E-state index contributed by atoms with van der Waals surface area (Å²) in [5.74, 6) is 0.564. The van der Waals surface area contributed by atoms with Gasteiger partial charge in [-0.3, -0.25) is 9.59 Å². The number of nitrogens with one attached hydrogen (secondary N) is 2. The Kier molecular flexibility index (Phi) is 8.14. The Balaban J connectivity index is 1.37. The van der Waals surface area contributed by atoms with Crippen LogP contribution in [0.1, 0.15) is 48.8 Å². The number of rotatable bonds is 7. The zero-order valence-electron chi connectivity index (χ0n) is 24.5. The average molecular weight is 602 g/mol. The van der Waals surface area contributed by atoms with Crippen molar-refractivity contribution in [3.8, 4) is 17.2 Å². The molecule has 0 saturated carbocycles. The number of anilines is 2. The molecule has 5 aromatic rings. The van der Waals surface area contributed by atoms with E-state index < -0.39 is 17.6 Å².